The van der Waals surface area contributed by atoms with E-state index in [1.54, 1.807) is 7.11 Å². The van der Waals surface area contributed by atoms with Gasteiger partial charge >= 0.3 is 0 Å². The van der Waals surface area contributed by atoms with E-state index in [2.05, 4.69) is 11.9 Å². The monoisotopic (exact) mass is 169 g/mol. The lowest BCUT2D eigenvalue weighted by Crippen LogP contribution is -2.37. The second-order valence-corrected chi connectivity index (χ2v) is 3.34. The topological polar surface area (TPSA) is 21.3 Å². The summed E-state index contributed by atoms with van der Waals surface area (Å²) < 4.78 is 5.37. The lowest BCUT2D eigenvalue weighted by Gasteiger charge is -2.18. The highest BCUT2D eigenvalue weighted by Crippen LogP contribution is 2.21. The smallest absolute Gasteiger partial charge is 0.0724 e. The van der Waals surface area contributed by atoms with Crippen LogP contribution < -0.4 is 5.32 Å². The molecule has 2 nitrogen and oxygen atoms in total. The first kappa shape index (κ1) is 9.75. The zero-order valence-electron chi connectivity index (χ0n) is 7.88. The van der Waals surface area contributed by atoms with Gasteiger partial charge in [0.1, 0.15) is 0 Å². The number of nitrogens with one attached hydrogen (secondary N) is 1. The van der Waals surface area contributed by atoms with E-state index in [9.17, 15) is 0 Å². The number of methoxy groups -OCH3 is 1. The number of rotatable bonds is 5. The minimum atomic E-state index is 0.440. The molecule has 0 aromatic heterocycles. The summed E-state index contributed by atoms with van der Waals surface area (Å²) in [4.78, 5) is 0. The summed E-state index contributed by atoms with van der Waals surface area (Å²) in [5.74, 6) is 0. The minimum Gasteiger partial charge on any atom is -0.380 e. The first-order valence-corrected chi connectivity index (χ1v) is 4.75. The van der Waals surface area contributed by atoms with E-state index in [-0.39, 0.29) is 0 Å². The molecule has 0 aliphatic heterocycles. The third kappa shape index (κ3) is 2.61. The molecule has 12 heavy (non-hydrogen) atoms. The number of hydrogen-bond acceptors (Lipinski definition) is 2. The van der Waals surface area contributed by atoms with Crippen LogP contribution in [0.3, 0.4) is 0 Å². The number of ether oxygens (including phenoxy) is 1. The molecule has 2 atom stereocenters. The molecule has 70 valence electrons. The van der Waals surface area contributed by atoms with Gasteiger partial charge in [-0.05, 0) is 32.2 Å². The lowest BCUT2D eigenvalue weighted by atomic mass is 10.2. The van der Waals surface area contributed by atoms with Crippen LogP contribution in [0.2, 0.25) is 0 Å². The molecule has 0 amide bonds. The molecule has 1 rings (SSSR count). The molecule has 1 fully saturated rings. The molecule has 1 aliphatic rings. The molecule has 0 spiro atoms. The van der Waals surface area contributed by atoms with E-state index in [0.29, 0.717) is 12.1 Å². The van der Waals surface area contributed by atoms with Crippen molar-refractivity contribution in [1.82, 2.24) is 5.32 Å². The van der Waals surface area contributed by atoms with Crippen molar-refractivity contribution in [3.63, 3.8) is 0 Å². The van der Waals surface area contributed by atoms with Crippen molar-refractivity contribution in [2.75, 3.05) is 13.7 Å². The lowest BCUT2D eigenvalue weighted by molar-refractivity contribution is 0.0855. The van der Waals surface area contributed by atoms with Crippen molar-refractivity contribution >= 4 is 0 Å². The van der Waals surface area contributed by atoms with Gasteiger partial charge < -0.3 is 10.1 Å². The number of hydrogen-bond donors (Lipinski definition) is 1. The van der Waals surface area contributed by atoms with Gasteiger partial charge in [0.2, 0.25) is 0 Å². The van der Waals surface area contributed by atoms with Crippen LogP contribution in [-0.2, 0) is 4.74 Å². The summed E-state index contributed by atoms with van der Waals surface area (Å²) in [6.07, 6.45) is 7.20. The van der Waals surface area contributed by atoms with Gasteiger partial charge in [0.15, 0.2) is 0 Å². The zero-order valence-corrected chi connectivity index (χ0v) is 7.88. The van der Waals surface area contributed by atoms with E-state index < -0.39 is 0 Å². The SMILES string of the molecule is C=CCCNC1CCCC1OC. The third-order valence-corrected chi connectivity index (χ3v) is 2.51. The third-order valence-electron chi connectivity index (χ3n) is 2.51. The Morgan fingerprint density at radius 1 is 1.58 bits per heavy atom. The highest BCUT2D eigenvalue weighted by atomic mass is 16.5. The van der Waals surface area contributed by atoms with Crippen LogP contribution in [0.15, 0.2) is 12.7 Å². The molecule has 2 unspecified atom stereocenters. The largest absolute Gasteiger partial charge is 0.380 e. The average molecular weight is 169 g/mol. The van der Waals surface area contributed by atoms with Crippen molar-refractivity contribution in [3.8, 4) is 0 Å². The summed E-state index contributed by atoms with van der Waals surface area (Å²) >= 11 is 0. The van der Waals surface area contributed by atoms with E-state index >= 15 is 0 Å². The van der Waals surface area contributed by atoms with Crippen LogP contribution in [0.1, 0.15) is 25.7 Å². The highest BCUT2D eigenvalue weighted by molar-refractivity contribution is 4.84. The summed E-state index contributed by atoms with van der Waals surface area (Å²) in [6.45, 7) is 4.73. The Bertz CT molecular complexity index is 136. The average Bonchev–Trinajstić information content (AvgIpc) is 2.52. The maximum Gasteiger partial charge on any atom is 0.0724 e. The molecule has 1 aliphatic carbocycles. The first-order valence-electron chi connectivity index (χ1n) is 4.75. The molecule has 0 aromatic rings. The van der Waals surface area contributed by atoms with E-state index in [4.69, 9.17) is 4.74 Å². The van der Waals surface area contributed by atoms with E-state index in [0.717, 1.165) is 13.0 Å². The highest BCUT2D eigenvalue weighted by Gasteiger charge is 2.25. The Morgan fingerprint density at radius 3 is 3.08 bits per heavy atom. The Hall–Kier alpha value is -0.340. The van der Waals surface area contributed by atoms with E-state index in [1.165, 1.54) is 19.3 Å². The van der Waals surface area contributed by atoms with Crippen molar-refractivity contribution in [3.05, 3.63) is 12.7 Å². The fourth-order valence-electron chi connectivity index (χ4n) is 1.81. The summed E-state index contributed by atoms with van der Waals surface area (Å²) in [7, 11) is 1.80. The molecule has 1 saturated carbocycles. The van der Waals surface area contributed by atoms with Crippen molar-refractivity contribution < 1.29 is 4.74 Å². The first-order chi connectivity index (χ1) is 5.88. The predicted molar refractivity (Wildman–Crippen MR) is 51.3 cm³/mol. The van der Waals surface area contributed by atoms with Gasteiger partial charge in [0.05, 0.1) is 6.10 Å². The van der Waals surface area contributed by atoms with Crippen LogP contribution in [0, 0.1) is 0 Å². The normalized spacial score (nSPS) is 29.1. The van der Waals surface area contributed by atoms with Crippen LogP contribution in [0.25, 0.3) is 0 Å². The van der Waals surface area contributed by atoms with Gasteiger partial charge in [0, 0.05) is 13.2 Å². The maximum absolute atomic E-state index is 5.37. The molecular formula is C10H19NO. The van der Waals surface area contributed by atoms with Gasteiger partial charge in [-0.1, -0.05) is 6.08 Å². The van der Waals surface area contributed by atoms with Crippen LogP contribution in [0.4, 0.5) is 0 Å². The van der Waals surface area contributed by atoms with Crippen LogP contribution in [-0.4, -0.2) is 25.8 Å². The summed E-state index contributed by atoms with van der Waals surface area (Å²) in [5, 5.41) is 3.49. The Balaban J connectivity index is 2.16. The summed E-state index contributed by atoms with van der Waals surface area (Å²) in [6, 6.07) is 0.579. The van der Waals surface area contributed by atoms with Gasteiger partial charge in [0.25, 0.3) is 0 Å². The fourth-order valence-corrected chi connectivity index (χ4v) is 1.81. The zero-order chi connectivity index (χ0) is 8.81. The van der Waals surface area contributed by atoms with Crippen molar-refractivity contribution in [2.45, 2.75) is 37.8 Å². The van der Waals surface area contributed by atoms with Gasteiger partial charge in [-0.2, -0.15) is 0 Å². The van der Waals surface area contributed by atoms with Crippen LogP contribution >= 0.6 is 0 Å². The van der Waals surface area contributed by atoms with Gasteiger partial charge in [-0.15, -0.1) is 6.58 Å². The minimum absolute atomic E-state index is 0.440. The Labute approximate surface area is 75.0 Å². The second-order valence-electron chi connectivity index (χ2n) is 3.34. The van der Waals surface area contributed by atoms with Crippen molar-refractivity contribution in [2.24, 2.45) is 0 Å². The predicted octanol–water partition coefficient (Wildman–Crippen LogP) is 1.72. The molecule has 0 saturated heterocycles. The quantitative estimate of drug-likeness (QED) is 0.500. The van der Waals surface area contributed by atoms with Crippen molar-refractivity contribution in [1.29, 1.82) is 0 Å². The van der Waals surface area contributed by atoms with Gasteiger partial charge in [-0.25, -0.2) is 0 Å². The molecule has 2 heteroatoms. The molecule has 0 aromatic carbocycles. The second kappa shape index (κ2) is 5.33. The van der Waals surface area contributed by atoms with E-state index in [1.807, 2.05) is 6.08 Å². The fraction of sp³-hybridized carbons (Fsp3) is 0.800. The van der Waals surface area contributed by atoms with Crippen LogP contribution in [0.5, 0.6) is 0 Å². The standard InChI is InChI=1S/C10H19NO/c1-3-4-8-11-9-6-5-7-10(9)12-2/h3,9-11H,1,4-8H2,2H3. The maximum atomic E-state index is 5.37. The molecule has 0 radical (unpaired) electrons. The Kier molecular flexibility index (Phi) is 4.33. The molecular weight excluding hydrogens is 150 g/mol. The molecule has 0 heterocycles. The van der Waals surface area contributed by atoms with Gasteiger partial charge in [-0.3, -0.25) is 0 Å². The Morgan fingerprint density at radius 2 is 2.42 bits per heavy atom. The molecule has 1 N–H and O–H groups in total. The molecule has 0 bridgehead atoms. The summed E-state index contributed by atoms with van der Waals surface area (Å²) in [5.41, 5.74) is 0.